The van der Waals surface area contributed by atoms with Gasteiger partial charge in [-0.3, -0.25) is 0 Å². The molecular formula is C13H20ClN3. The number of nitrogens with zero attached hydrogens (tertiary/aromatic N) is 3. The van der Waals surface area contributed by atoms with E-state index in [4.69, 9.17) is 11.6 Å². The lowest BCUT2D eigenvalue weighted by atomic mass is 10.0. The monoisotopic (exact) mass is 253 g/mol. The van der Waals surface area contributed by atoms with Crippen LogP contribution >= 0.6 is 11.6 Å². The maximum Gasteiger partial charge on any atom is 0.224 e. The molecule has 1 fully saturated rings. The summed E-state index contributed by atoms with van der Waals surface area (Å²) in [4.78, 5) is 11.0. The first kappa shape index (κ1) is 12.6. The van der Waals surface area contributed by atoms with Crippen molar-refractivity contribution in [2.75, 3.05) is 18.0 Å². The molecule has 17 heavy (non-hydrogen) atoms. The molecule has 94 valence electrons. The van der Waals surface area contributed by atoms with E-state index < -0.39 is 0 Å². The van der Waals surface area contributed by atoms with Gasteiger partial charge in [-0.15, -0.1) is 0 Å². The molecule has 0 spiro atoms. The second kappa shape index (κ2) is 5.21. The van der Waals surface area contributed by atoms with Crippen LogP contribution in [0, 0.1) is 5.92 Å². The van der Waals surface area contributed by atoms with Gasteiger partial charge in [0.25, 0.3) is 0 Å². The molecule has 0 radical (unpaired) electrons. The van der Waals surface area contributed by atoms with Crippen LogP contribution in [-0.2, 0) is 0 Å². The standard InChI is InChI=1S/C13H20ClN3/c1-9(2)11-7-12(16-13(14)15-11)17-6-4-5-10(3)8-17/h7,9-10H,4-6,8H2,1-3H3. The highest BCUT2D eigenvalue weighted by atomic mass is 35.5. The summed E-state index contributed by atoms with van der Waals surface area (Å²) in [6, 6.07) is 2.08. The van der Waals surface area contributed by atoms with Gasteiger partial charge in [0.2, 0.25) is 5.28 Å². The lowest BCUT2D eigenvalue weighted by Gasteiger charge is -2.32. The van der Waals surface area contributed by atoms with Crippen LogP contribution < -0.4 is 4.90 Å². The minimum absolute atomic E-state index is 0.365. The first-order valence-corrected chi connectivity index (χ1v) is 6.73. The number of piperidine rings is 1. The second-order valence-electron chi connectivity index (χ2n) is 5.27. The van der Waals surface area contributed by atoms with E-state index in [9.17, 15) is 0 Å². The molecular weight excluding hydrogens is 234 g/mol. The van der Waals surface area contributed by atoms with Crippen molar-refractivity contribution < 1.29 is 0 Å². The topological polar surface area (TPSA) is 29.0 Å². The number of hydrogen-bond donors (Lipinski definition) is 0. The van der Waals surface area contributed by atoms with Gasteiger partial charge in [-0.05, 0) is 36.3 Å². The zero-order chi connectivity index (χ0) is 12.4. The molecule has 0 N–H and O–H groups in total. The van der Waals surface area contributed by atoms with Gasteiger partial charge >= 0.3 is 0 Å². The molecule has 0 aliphatic carbocycles. The third kappa shape index (κ3) is 3.09. The Morgan fingerprint density at radius 1 is 1.41 bits per heavy atom. The second-order valence-corrected chi connectivity index (χ2v) is 5.61. The molecule has 1 saturated heterocycles. The summed E-state index contributed by atoms with van der Waals surface area (Å²) in [6.45, 7) is 8.70. The third-order valence-electron chi connectivity index (χ3n) is 3.28. The van der Waals surface area contributed by atoms with Crippen molar-refractivity contribution in [2.45, 2.75) is 39.5 Å². The zero-order valence-corrected chi connectivity index (χ0v) is 11.5. The van der Waals surface area contributed by atoms with Crippen molar-refractivity contribution >= 4 is 17.4 Å². The van der Waals surface area contributed by atoms with E-state index in [0.29, 0.717) is 11.2 Å². The quantitative estimate of drug-likeness (QED) is 0.756. The molecule has 3 nitrogen and oxygen atoms in total. The van der Waals surface area contributed by atoms with E-state index in [1.165, 1.54) is 12.8 Å². The summed E-state index contributed by atoms with van der Waals surface area (Å²) in [5.74, 6) is 2.11. The minimum atomic E-state index is 0.365. The van der Waals surface area contributed by atoms with Crippen LogP contribution in [-0.4, -0.2) is 23.1 Å². The Hall–Kier alpha value is -0.830. The molecule has 1 aliphatic rings. The molecule has 1 atom stereocenters. The zero-order valence-electron chi connectivity index (χ0n) is 10.8. The van der Waals surface area contributed by atoms with Crippen molar-refractivity contribution in [2.24, 2.45) is 5.92 Å². The van der Waals surface area contributed by atoms with E-state index >= 15 is 0 Å². The molecule has 2 heterocycles. The maximum atomic E-state index is 6.00. The highest BCUT2D eigenvalue weighted by Gasteiger charge is 2.19. The average Bonchev–Trinajstić information content (AvgIpc) is 2.28. The summed E-state index contributed by atoms with van der Waals surface area (Å²) >= 11 is 6.00. The van der Waals surface area contributed by atoms with E-state index in [1.807, 2.05) is 0 Å². The maximum absolute atomic E-state index is 6.00. The fraction of sp³-hybridized carbons (Fsp3) is 0.692. The van der Waals surface area contributed by atoms with Crippen molar-refractivity contribution in [3.05, 3.63) is 17.0 Å². The summed E-state index contributed by atoms with van der Waals surface area (Å²) in [6.07, 6.45) is 2.55. The summed E-state index contributed by atoms with van der Waals surface area (Å²) in [7, 11) is 0. The Bertz CT molecular complexity index is 392. The van der Waals surface area contributed by atoms with Gasteiger partial charge in [0, 0.05) is 19.2 Å². The van der Waals surface area contributed by atoms with E-state index in [2.05, 4.69) is 41.7 Å². The summed E-state index contributed by atoms with van der Waals surface area (Å²) in [5.41, 5.74) is 1.03. The van der Waals surface area contributed by atoms with Gasteiger partial charge in [-0.1, -0.05) is 20.8 Å². The van der Waals surface area contributed by atoms with Crippen LogP contribution in [0.2, 0.25) is 5.28 Å². The number of aromatic nitrogens is 2. The normalized spacial score (nSPS) is 21.0. The average molecular weight is 254 g/mol. The first-order valence-electron chi connectivity index (χ1n) is 6.35. The van der Waals surface area contributed by atoms with E-state index in [-0.39, 0.29) is 0 Å². The lowest BCUT2D eigenvalue weighted by Crippen LogP contribution is -2.35. The van der Waals surface area contributed by atoms with Crippen LogP contribution in [0.15, 0.2) is 6.07 Å². The lowest BCUT2D eigenvalue weighted by molar-refractivity contribution is 0.444. The number of halogens is 1. The number of anilines is 1. The molecule has 1 aromatic rings. The van der Waals surface area contributed by atoms with E-state index in [1.54, 1.807) is 0 Å². The predicted molar refractivity (Wildman–Crippen MR) is 71.7 cm³/mol. The van der Waals surface area contributed by atoms with Gasteiger partial charge in [0.05, 0.1) is 5.69 Å². The Kier molecular flexibility index (Phi) is 3.87. The third-order valence-corrected chi connectivity index (χ3v) is 3.45. The molecule has 0 amide bonds. The fourth-order valence-electron chi connectivity index (χ4n) is 2.28. The molecule has 2 rings (SSSR count). The molecule has 4 heteroatoms. The molecule has 0 saturated carbocycles. The summed E-state index contributed by atoms with van der Waals surface area (Å²) in [5, 5.41) is 0.365. The van der Waals surface area contributed by atoms with Crippen LogP contribution in [0.4, 0.5) is 5.82 Å². The smallest absolute Gasteiger partial charge is 0.224 e. The molecule has 0 bridgehead atoms. The predicted octanol–water partition coefficient (Wildman–Crippen LogP) is 3.49. The Morgan fingerprint density at radius 3 is 2.82 bits per heavy atom. The van der Waals surface area contributed by atoms with Crippen molar-refractivity contribution in [3.8, 4) is 0 Å². The SMILES string of the molecule is CC1CCCN(c2cc(C(C)C)nc(Cl)n2)C1. The fourth-order valence-corrected chi connectivity index (χ4v) is 2.46. The molecule has 1 unspecified atom stereocenters. The Balaban J connectivity index is 2.25. The Labute approximate surface area is 108 Å². The molecule has 1 aromatic heterocycles. The molecule has 0 aromatic carbocycles. The van der Waals surface area contributed by atoms with Crippen molar-refractivity contribution in [1.82, 2.24) is 9.97 Å². The van der Waals surface area contributed by atoms with Crippen LogP contribution in [0.1, 0.15) is 45.2 Å². The highest BCUT2D eigenvalue weighted by molar-refractivity contribution is 6.28. The van der Waals surface area contributed by atoms with E-state index in [0.717, 1.165) is 30.5 Å². The van der Waals surface area contributed by atoms with Crippen LogP contribution in [0.3, 0.4) is 0 Å². The number of hydrogen-bond acceptors (Lipinski definition) is 3. The highest BCUT2D eigenvalue weighted by Crippen LogP contribution is 2.24. The van der Waals surface area contributed by atoms with Gasteiger partial charge < -0.3 is 4.90 Å². The van der Waals surface area contributed by atoms with Gasteiger partial charge in [0.1, 0.15) is 5.82 Å². The Morgan fingerprint density at radius 2 is 2.18 bits per heavy atom. The van der Waals surface area contributed by atoms with Crippen molar-refractivity contribution in [1.29, 1.82) is 0 Å². The van der Waals surface area contributed by atoms with Gasteiger partial charge in [0.15, 0.2) is 0 Å². The molecule has 1 aliphatic heterocycles. The van der Waals surface area contributed by atoms with Gasteiger partial charge in [-0.2, -0.15) is 0 Å². The van der Waals surface area contributed by atoms with Crippen molar-refractivity contribution in [3.63, 3.8) is 0 Å². The van der Waals surface area contributed by atoms with Crippen LogP contribution in [0.25, 0.3) is 0 Å². The minimum Gasteiger partial charge on any atom is -0.356 e. The first-order chi connectivity index (χ1) is 8.06. The largest absolute Gasteiger partial charge is 0.356 e. The van der Waals surface area contributed by atoms with Crippen LogP contribution in [0.5, 0.6) is 0 Å². The summed E-state index contributed by atoms with van der Waals surface area (Å²) < 4.78 is 0. The number of rotatable bonds is 2. The van der Waals surface area contributed by atoms with Gasteiger partial charge in [-0.25, -0.2) is 9.97 Å².